The summed E-state index contributed by atoms with van der Waals surface area (Å²) in [6.45, 7) is 0.560. The Balaban J connectivity index is 2.30. The maximum atomic E-state index is 5.94. The number of hydrogen-bond donors (Lipinski definition) is 1. The molecule has 84 valence electrons. The van der Waals surface area contributed by atoms with Crippen LogP contribution in [0.1, 0.15) is 5.69 Å². The lowest BCUT2D eigenvalue weighted by Crippen LogP contribution is -2.28. The molecule has 0 aliphatic rings. The molecule has 0 fully saturated rings. The van der Waals surface area contributed by atoms with Crippen LogP contribution in [0, 0.1) is 0 Å². The summed E-state index contributed by atoms with van der Waals surface area (Å²) in [5, 5.41) is 2.38. The zero-order chi connectivity index (χ0) is 11.4. The van der Waals surface area contributed by atoms with Gasteiger partial charge in [-0.25, -0.2) is 0 Å². The highest BCUT2D eigenvalue weighted by atomic mass is 16.5. The van der Waals surface area contributed by atoms with Gasteiger partial charge in [0, 0.05) is 36.8 Å². The van der Waals surface area contributed by atoms with Crippen LogP contribution >= 0.6 is 0 Å². The molecule has 0 saturated carbocycles. The van der Waals surface area contributed by atoms with Gasteiger partial charge in [0.2, 0.25) is 0 Å². The number of fused-ring (bicyclic) bond motifs is 1. The lowest BCUT2D eigenvalue weighted by atomic mass is 10.1. The Morgan fingerprint density at radius 1 is 1.31 bits per heavy atom. The predicted molar refractivity (Wildman–Crippen MR) is 65.3 cm³/mol. The minimum Gasteiger partial charge on any atom is -0.383 e. The van der Waals surface area contributed by atoms with Crippen molar-refractivity contribution in [2.24, 2.45) is 5.73 Å². The van der Waals surface area contributed by atoms with Gasteiger partial charge in [0.1, 0.15) is 0 Å². The van der Waals surface area contributed by atoms with Crippen LogP contribution in [-0.2, 0) is 11.2 Å². The van der Waals surface area contributed by atoms with Crippen molar-refractivity contribution in [3.05, 3.63) is 42.2 Å². The normalized spacial score (nSPS) is 12.9. The number of nitrogens with zero attached hydrogens (tertiary/aromatic N) is 1. The first kappa shape index (κ1) is 11.0. The van der Waals surface area contributed by atoms with Crippen LogP contribution < -0.4 is 5.73 Å². The number of nitrogens with two attached hydrogens (primary N) is 1. The van der Waals surface area contributed by atoms with Gasteiger partial charge >= 0.3 is 0 Å². The van der Waals surface area contributed by atoms with E-state index in [9.17, 15) is 0 Å². The summed E-state index contributed by atoms with van der Waals surface area (Å²) in [5.41, 5.74) is 6.99. The summed E-state index contributed by atoms with van der Waals surface area (Å²) in [7, 11) is 1.66. The second-order valence-electron chi connectivity index (χ2n) is 3.90. The smallest absolute Gasteiger partial charge is 0.0617 e. The van der Waals surface area contributed by atoms with Crippen LogP contribution in [0.25, 0.3) is 10.8 Å². The van der Waals surface area contributed by atoms with E-state index in [1.54, 1.807) is 7.11 Å². The average molecular weight is 216 g/mol. The maximum absolute atomic E-state index is 5.94. The Bertz CT molecular complexity index is 465. The molecular weight excluding hydrogens is 200 g/mol. The Labute approximate surface area is 95.2 Å². The number of rotatable bonds is 4. The van der Waals surface area contributed by atoms with Crippen molar-refractivity contribution in [3.8, 4) is 0 Å². The van der Waals surface area contributed by atoms with Crippen LogP contribution in [0.4, 0.5) is 0 Å². The third kappa shape index (κ3) is 2.38. The van der Waals surface area contributed by atoms with Crippen molar-refractivity contribution in [3.63, 3.8) is 0 Å². The maximum Gasteiger partial charge on any atom is 0.0617 e. The summed E-state index contributed by atoms with van der Waals surface area (Å²) in [6.07, 6.45) is 2.58. The molecule has 0 spiro atoms. The monoisotopic (exact) mass is 216 g/mol. The molecule has 3 heteroatoms. The van der Waals surface area contributed by atoms with Gasteiger partial charge in [0.05, 0.1) is 6.61 Å². The molecule has 1 unspecified atom stereocenters. The highest BCUT2D eigenvalue weighted by Crippen LogP contribution is 2.17. The van der Waals surface area contributed by atoms with E-state index in [0.29, 0.717) is 6.61 Å². The van der Waals surface area contributed by atoms with Gasteiger partial charge in [-0.15, -0.1) is 0 Å². The summed E-state index contributed by atoms with van der Waals surface area (Å²) < 4.78 is 5.04. The van der Waals surface area contributed by atoms with Gasteiger partial charge in [-0.3, -0.25) is 4.98 Å². The van der Waals surface area contributed by atoms with Crippen LogP contribution in [0.5, 0.6) is 0 Å². The number of ether oxygens (including phenoxy) is 1. The minimum atomic E-state index is 0.00306. The van der Waals surface area contributed by atoms with Crippen LogP contribution in [0.2, 0.25) is 0 Å². The minimum absolute atomic E-state index is 0.00306. The first-order valence-electron chi connectivity index (χ1n) is 5.38. The largest absolute Gasteiger partial charge is 0.383 e. The number of pyridine rings is 1. The number of benzene rings is 1. The molecule has 2 N–H and O–H groups in total. The average Bonchev–Trinajstić information content (AvgIpc) is 2.30. The van der Waals surface area contributed by atoms with Gasteiger partial charge in [0.15, 0.2) is 0 Å². The van der Waals surface area contributed by atoms with Gasteiger partial charge in [-0.1, -0.05) is 24.3 Å². The zero-order valence-electron chi connectivity index (χ0n) is 9.39. The van der Waals surface area contributed by atoms with Crippen molar-refractivity contribution in [2.45, 2.75) is 12.5 Å². The van der Waals surface area contributed by atoms with Crippen molar-refractivity contribution in [1.82, 2.24) is 4.98 Å². The molecule has 16 heavy (non-hydrogen) atoms. The molecule has 0 saturated heterocycles. The topological polar surface area (TPSA) is 48.1 Å². The fourth-order valence-electron chi connectivity index (χ4n) is 1.87. The van der Waals surface area contributed by atoms with Gasteiger partial charge < -0.3 is 10.5 Å². The predicted octanol–water partition coefficient (Wildman–Crippen LogP) is 1.75. The van der Waals surface area contributed by atoms with Gasteiger partial charge in [-0.2, -0.15) is 0 Å². The zero-order valence-corrected chi connectivity index (χ0v) is 9.39. The van der Waals surface area contributed by atoms with Crippen molar-refractivity contribution in [1.29, 1.82) is 0 Å². The first-order valence-corrected chi connectivity index (χ1v) is 5.38. The Hall–Kier alpha value is -1.45. The fraction of sp³-hybridized carbons (Fsp3) is 0.308. The fourth-order valence-corrected chi connectivity index (χ4v) is 1.87. The molecule has 3 nitrogen and oxygen atoms in total. The Kier molecular flexibility index (Phi) is 3.49. The molecule has 1 atom stereocenters. The summed E-state index contributed by atoms with van der Waals surface area (Å²) >= 11 is 0. The molecule has 0 aliphatic carbocycles. The molecule has 1 aromatic carbocycles. The van der Waals surface area contributed by atoms with E-state index < -0.39 is 0 Å². The van der Waals surface area contributed by atoms with Crippen molar-refractivity contribution >= 4 is 10.8 Å². The Morgan fingerprint density at radius 3 is 2.94 bits per heavy atom. The Morgan fingerprint density at radius 2 is 2.12 bits per heavy atom. The molecule has 0 radical (unpaired) electrons. The van der Waals surface area contributed by atoms with Crippen LogP contribution in [-0.4, -0.2) is 24.7 Å². The standard InChI is InChI=1S/C13H16N2O/c1-16-9-11(14)8-13-12-5-3-2-4-10(12)6-7-15-13/h2-7,11H,8-9,14H2,1H3. The van der Waals surface area contributed by atoms with Gasteiger partial charge in [-0.05, 0) is 11.5 Å². The van der Waals surface area contributed by atoms with E-state index in [1.165, 1.54) is 10.8 Å². The number of aromatic nitrogens is 1. The summed E-state index contributed by atoms with van der Waals surface area (Å²) in [4.78, 5) is 4.39. The van der Waals surface area contributed by atoms with E-state index in [0.717, 1.165) is 12.1 Å². The summed E-state index contributed by atoms with van der Waals surface area (Å²) in [6, 6.07) is 10.2. The first-order chi connectivity index (χ1) is 7.81. The van der Waals surface area contributed by atoms with E-state index in [2.05, 4.69) is 17.1 Å². The molecule has 1 aromatic heterocycles. The lowest BCUT2D eigenvalue weighted by molar-refractivity contribution is 0.180. The van der Waals surface area contributed by atoms with E-state index >= 15 is 0 Å². The quantitative estimate of drug-likeness (QED) is 0.847. The third-order valence-electron chi connectivity index (χ3n) is 2.59. The van der Waals surface area contributed by atoms with E-state index in [4.69, 9.17) is 10.5 Å². The molecule has 2 aromatic rings. The molecular formula is C13H16N2O. The van der Waals surface area contributed by atoms with Crippen LogP contribution in [0.3, 0.4) is 0 Å². The van der Waals surface area contributed by atoms with Gasteiger partial charge in [0.25, 0.3) is 0 Å². The number of methoxy groups -OCH3 is 1. The third-order valence-corrected chi connectivity index (χ3v) is 2.59. The highest BCUT2D eigenvalue weighted by molar-refractivity contribution is 5.84. The second-order valence-corrected chi connectivity index (χ2v) is 3.90. The molecule has 0 amide bonds. The number of hydrogen-bond acceptors (Lipinski definition) is 3. The molecule has 1 heterocycles. The second kappa shape index (κ2) is 5.05. The summed E-state index contributed by atoms with van der Waals surface area (Å²) in [5.74, 6) is 0. The highest BCUT2D eigenvalue weighted by Gasteiger charge is 2.07. The van der Waals surface area contributed by atoms with E-state index in [1.807, 2.05) is 24.4 Å². The SMILES string of the molecule is COCC(N)Cc1nccc2ccccc12. The molecule has 2 rings (SSSR count). The molecule has 0 bridgehead atoms. The van der Waals surface area contributed by atoms with E-state index in [-0.39, 0.29) is 6.04 Å². The molecule has 0 aliphatic heterocycles. The van der Waals surface area contributed by atoms with Crippen molar-refractivity contribution < 1.29 is 4.74 Å². The van der Waals surface area contributed by atoms with Crippen LogP contribution in [0.15, 0.2) is 36.5 Å². The lowest BCUT2D eigenvalue weighted by Gasteiger charge is -2.11. The van der Waals surface area contributed by atoms with Crippen molar-refractivity contribution in [2.75, 3.05) is 13.7 Å².